The summed E-state index contributed by atoms with van der Waals surface area (Å²) in [4.78, 5) is 12.2. The van der Waals surface area contributed by atoms with Crippen LogP contribution in [0.5, 0.6) is 17.2 Å². The molecular formula is C20H25NO4. The summed E-state index contributed by atoms with van der Waals surface area (Å²) in [5, 5.41) is 2.94. The maximum atomic E-state index is 12.2. The average molecular weight is 343 g/mol. The number of hydrogen-bond donors (Lipinski definition) is 1. The van der Waals surface area contributed by atoms with Crippen molar-refractivity contribution in [2.75, 3.05) is 20.8 Å². The molecule has 1 unspecified atom stereocenters. The van der Waals surface area contributed by atoms with Gasteiger partial charge >= 0.3 is 0 Å². The molecule has 2 rings (SSSR count). The van der Waals surface area contributed by atoms with Gasteiger partial charge in [-0.25, -0.2) is 0 Å². The first-order chi connectivity index (χ1) is 12.0. The highest BCUT2D eigenvalue weighted by atomic mass is 16.5. The van der Waals surface area contributed by atoms with E-state index in [4.69, 9.17) is 14.2 Å². The molecule has 0 spiro atoms. The maximum absolute atomic E-state index is 12.2. The van der Waals surface area contributed by atoms with Crippen molar-refractivity contribution in [3.8, 4) is 17.2 Å². The van der Waals surface area contributed by atoms with E-state index in [1.54, 1.807) is 32.4 Å². The standard InChI is InChI=1S/C20H25NO4/c1-13-9-10-16(11-14(13)2)15(3)21-19(22)12-25-20-17(23-4)7-6-8-18(20)24-5/h6-11,15H,12H2,1-5H3,(H,21,22). The molecule has 1 atom stereocenters. The number of ether oxygens (including phenoxy) is 3. The Bertz CT molecular complexity index is 720. The van der Waals surface area contributed by atoms with E-state index in [1.165, 1.54) is 11.1 Å². The number of carbonyl (C=O) groups excluding carboxylic acids is 1. The van der Waals surface area contributed by atoms with Crippen molar-refractivity contribution in [1.29, 1.82) is 0 Å². The van der Waals surface area contributed by atoms with E-state index >= 15 is 0 Å². The zero-order valence-corrected chi connectivity index (χ0v) is 15.4. The van der Waals surface area contributed by atoms with E-state index in [1.807, 2.05) is 13.0 Å². The molecule has 1 N–H and O–H groups in total. The molecule has 0 radical (unpaired) electrons. The topological polar surface area (TPSA) is 56.8 Å². The van der Waals surface area contributed by atoms with Gasteiger partial charge in [0.05, 0.1) is 20.3 Å². The quantitative estimate of drug-likeness (QED) is 0.835. The highest BCUT2D eigenvalue weighted by molar-refractivity contribution is 5.78. The van der Waals surface area contributed by atoms with Crippen LogP contribution in [-0.2, 0) is 4.79 Å². The first kappa shape index (κ1) is 18.6. The molecule has 1 amide bonds. The minimum atomic E-state index is -0.210. The van der Waals surface area contributed by atoms with Crippen LogP contribution in [0, 0.1) is 13.8 Å². The number of benzene rings is 2. The van der Waals surface area contributed by atoms with Crippen LogP contribution in [0.1, 0.15) is 29.7 Å². The monoisotopic (exact) mass is 343 g/mol. The highest BCUT2D eigenvalue weighted by Gasteiger charge is 2.15. The van der Waals surface area contributed by atoms with Gasteiger partial charge in [-0.2, -0.15) is 0 Å². The van der Waals surface area contributed by atoms with Gasteiger partial charge in [0, 0.05) is 0 Å². The number of carbonyl (C=O) groups is 1. The van der Waals surface area contributed by atoms with E-state index < -0.39 is 0 Å². The molecule has 5 heteroatoms. The second kappa shape index (κ2) is 8.42. The smallest absolute Gasteiger partial charge is 0.258 e. The van der Waals surface area contributed by atoms with Crippen molar-refractivity contribution in [2.24, 2.45) is 0 Å². The van der Waals surface area contributed by atoms with Crippen molar-refractivity contribution in [2.45, 2.75) is 26.8 Å². The van der Waals surface area contributed by atoms with Crippen LogP contribution in [0.2, 0.25) is 0 Å². The number of para-hydroxylation sites is 1. The molecule has 25 heavy (non-hydrogen) atoms. The Morgan fingerprint density at radius 1 is 1.04 bits per heavy atom. The molecule has 0 heterocycles. The lowest BCUT2D eigenvalue weighted by Gasteiger charge is -2.17. The number of rotatable bonds is 7. The second-order valence-corrected chi connectivity index (χ2v) is 5.91. The maximum Gasteiger partial charge on any atom is 0.258 e. The van der Waals surface area contributed by atoms with E-state index in [-0.39, 0.29) is 18.6 Å². The third-order valence-corrected chi connectivity index (χ3v) is 4.14. The minimum absolute atomic E-state index is 0.102. The summed E-state index contributed by atoms with van der Waals surface area (Å²) in [5.74, 6) is 1.25. The molecule has 134 valence electrons. The largest absolute Gasteiger partial charge is 0.493 e. The molecule has 0 fully saturated rings. The zero-order valence-electron chi connectivity index (χ0n) is 15.4. The Morgan fingerprint density at radius 3 is 2.24 bits per heavy atom. The lowest BCUT2D eigenvalue weighted by Crippen LogP contribution is -2.31. The van der Waals surface area contributed by atoms with Crippen molar-refractivity contribution < 1.29 is 19.0 Å². The van der Waals surface area contributed by atoms with Crippen molar-refractivity contribution in [1.82, 2.24) is 5.32 Å². The SMILES string of the molecule is COc1cccc(OC)c1OCC(=O)NC(C)c1ccc(C)c(C)c1. The fraction of sp³-hybridized carbons (Fsp3) is 0.350. The summed E-state index contributed by atoms with van der Waals surface area (Å²) in [5.41, 5.74) is 3.49. The third kappa shape index (κ3) is 4.66. The van der Waals surface area contributed by atoms with E-state index in [0.717, 1.165) is 5.56 Å². The first-order valence-electron chi connectivity index (χ1n) is 8.16. The number of aryl methyl sites for hydroxylation is 2. The number of amides is 1. The normalized spacial score (nSPS) is 11.6. The second-order valence-electron chi connectivity index (χ2n) is 5.91. The summed E-state index contributed by atoms with van der Waals surface area (Å²) in [6.07, 6.45) is 0. The van der Waals surface area contributed by atoms with Gasteiger partial charge in [0.25, 0.3) is 5.91 Å². The van der Waals surface area contributed by atoms with Crippen LogP contribution >= 0.6 is 0 Å². The van der Waals surface area contributed by atoms with Gasteiger partial charge in [0.2, 0.25) is 5.75 Å². The molecule has 0 saturated carbocycles. The van der Waals surface area contributed by atoms with Crippen LogP contribution in [0.4, 0.5) is 0 Å². The lowest BCUT2D eigenvalue weighted by atomic mass is 10.0. The molecule has 5 nitrogen and oxygen atoms in total. The Hall–Kier alpha value is -2.69. The number of nitrogens with one attached hydrogen (secondary N) is 1. The van der Waals surface area contributed by atoms with Gasteiger partial charge in [-0.1, -0.05) is 24.3 Å². The summed E-state index contributed by atoms with van der Waals surface area (Å²) in [6.45, 7) is 5.96. The molecule has 0 aromatic heterocycles. The highest BCUT2D eigenvalue weighted by Crippen LogP contribution is 2.36. The van der Waals surface area contributed by atoms with Crippen molar-refractivity contribution in [3.63, 3.8) is 0 Å². The molecule has 0 aliphatic carbocycles. The van der Waals surface area contributed by atoms with Gasteiger partial charge in [-0.15, -0.1) is 0 Å². The summed E-state index contributed by atoms with van der Waals surface area (Å²) < 4.78 is 16.1. The predicted molar refractivity (Wildman–Crippen MR) is 97.5 cm³/mol. The van der Waals surface area contributed by atoms with Gasteiger partial charge in [0.15, 0.2) is 18.1 Å². The van der Waals surface area contributed by atoms with Crippen molar-refractivity contribution in [3.05, 3.63) is 53.1 Å². The molecule has 0 aliphatic heterocycles. The van der Waals surface area contributed by atoms with E-state index in [2.05, 4.69) is 31.3 Å². The Kier molecular flexibility index (Phi) is 6.28. The lowest BCUT2D eigenvalue weighted by molar-refractivity contribution is -0.123. The Morgan fingerprint density at radius 2 is 1.68 bits per heavy atom. The predicted octanol–water partition coefficient (Wildman–Crippen LogP) is 3.58. The van der Waals surface area contributed by atoms with Gasteiger partial charge in [-0.3, -0.25) is 4.79 Å². The number of methoxy groups -OCH3 is 2. The van der Waals surface area contributed by atoms with Crippen LogP contribution in [0.25, 0.3) is 0 Å². The summed E-state index contributed by atoms with van der Waals surface area (Å²) in [6, 6.07) is 11.4. The van der Waals surface area contributed by atoms with Crippen molar-refractivity contribution >= 4 is 5.91 Å². The van der Waals surface area contributed by atoms with Crippen LogP contribution in [0.3, 0.4) is 0 Å². The van der Waals surface area contributed by atoms with E-state index in [0.29, 0.717) is 17.2 Å². The molecule has 0 aliphatic rings. The third-order valence-electron chi connectivity index (χ3n) is 4.14. The fourth-order valence-corrected chi connectivity index (χ4v) is 2.50. The minimum Gasteiger partial charge on any atom is -0.493 e. The van der Waals surface area contributed by atoms with Crippen LogP contribution < -0.4 is 19.5 Å². The first-order valence-corrected chi connectivity index (χ1v) is 8.16. The van der Waals surface area contributed by atoms with Gasteiger partial charge < -0.3 is 19.5 Å². The fourth-order valence-electron chi connectivity index (χ4n) is 2.50. The van der Waals surface area contributed by atoms with E-state index in [9.17, 15) is 4.79 Å². The van der Waals surface area contributed by atoms with Crippen LogP contribution in [-0.4, -0.2) is 26.7 Å². The van der Waals surface area contributed by atoms with Gasteiger partial charge in [0.1, 0.15) is 0 Å². The average Bonchev–Trinajstić information content (AvgIpc) is 2.61. The molecular weight excluding hydrogens is 318 g/mol. The Balaban J connectivity index is 2.00. The molecule has 0 saturated heterocycles. The summed E-state index contributed by atoms with van der Waals surface area (Å²) in [7, 11) is 3.09. The molecule has 2 aromatic rings. The number of hydrogen-bond acceptors (Lipinski definition) is 4. The van der Waals surface area contributed by atoms with Gasteiger partial charge in [-0.05, 0) is 49.6 Å². The molecule has 0 bridgehead atoms. The van der Waals surface area contributed by atoms with Crippen LogP contribution in [0.15, 0.2) is 36.4 Å². The summed E-state index contributed by atoms with van der Waals surface area (Å²) >= 11 is 0. The Labute approximate surface area is 148 Å². The zero-order chi connectivity index (χ0) is 18.4. The molecule has 2 aromatic carbocycles.